The molecule has 0 unspecified atom stereocenters. The van der Waals surface area contributed by atoms with Gasteiger partial charge in [0.05, 0.1) is 12.8 Å². The third-order valence-corrected chi connectivity index (χ3v) is 2.76. The third-order valence-electron chi connectivity index (χ3n) is 2.12. The van der Waals surface area contributed by atoms with Gasteiger partial charge in [-0.3, -0.25) is 9.59 Å². The number of rotatable bonds is 3. The number of nitrogens with zero attached hydrogens (tertiary/aromatic N) is 1. The van der Waals surface area contributed by atoms with Gasteiger partial charge in [-0.15, -0.1) is 0 Å². The zero-order valence-electron chi connectivity index (χ0n) is 9.28. The highest BCUT2D eigenvalue weighted by Gasteiger charge is 2.17. The maximum atomic E-state index is 11.5. The first-order valence-electron chi connectivity index (χ1n) is 4.59. The topological polar surface area (TPSA) is 46.6 Å². The fraction of sp³-hybridized carbons (Fsp3) is 0.273. The second kappa shape index (κ2) is 5.12. The van der Waals surface area contributed by atoms with Crippen molar-refractivity contribution in [3.63, 3.8) is 0 Å². The van der Waals surface area contributed by atoms with Crippen LogP contribution >= 0.6 is 15.9 Å². The van der Waals surface area contributed by atoms with Gasteiger partial charge in [0, 0.05) is 18.4 Å². The van der Waals surface area contributed by atoms with Crippen molar-refractivity contribution in [2.75, 3.05) is 19.1 Å². The Morgan fingerprint density at radius 3 is 2.44 bits per heavy atom. The number of Topliss-reactive ketones (excluding diaryl/α,β-unsaturated/α-hetero) is 1. The van der Waals surface area contributed by atoms with Crippen molar-refractivity contribution in [2.24, 2.45) is 0 Å². The Balaban J connectivity index is 3.05. The normalized spacial score (nSPS) is 9.75. The van der Waals surface area contributed by atoms with Gasteiger partial charge in [0.2, 0.25) is 5.78 Å². The molecule has 16 heavy (non-hydrogen) atoms. The number of ether oxygens (including phenoxy) is 1. The van der Waals surface area contributed by atoms with Gasteiger partial charge in [-0.2, -0.15) is 0 Å². The van der Waals surface area contributed by atoms with E-state index in [0.29, 0.717) is 15.9 Å². The molecule has 0 bridgehead atoms. The average Bonchev–Trinajstić information content (AvgIpc) is 2.26. The highest BCUT2D eigenvalue weighted by Crippen LogP contribution is 2.29. The summed E-state index contributed by atoms with van der Waals surface area (Å²) in [4.78, 5) is 23.7. The molecule has 1 amide bonds. The summed E-state index contributed by atoms with van der Waals surface area (Å²) in [6.07, 6.45) is 0. The average molecular weight is 286 g/mol. The quantitative estimate of drug-likeness (QED) is 0.798. The van der Waals surface area contributed by atoms with E-state index in [1.807, 2.05) is 0 Å². The van der Waals surface area contributed by atoms with Gasteiger partial charge in [0.1, 0.15) is 5.75 Å². The van der Waals surface area contributed by atoms with Crippen LogP contribution in [-0.4, -0.2) is 25.8 Å². The summed E-state index contributed by atoms with van der Waals surface area (Å²) in [7, 11) is 3.11. The Morgan fingerprint density at radius 1 is 1.38 bits per heavy atom. The van der Waals surface area contributed by atoms with Crippen molar-refractivity contribution in [1.29, 1.82) is 0 Å². The Kier molecular flexibility index (Phi) is 4.06. The third kappa shape index (κ3) is 2.61. The molecule has 0 radical (unpaired) electrons. The maximum Gasteiger partial charge on any atom is 0.293 e. The monoisotopic (exact) mass is 285 g/mol. The molecular formula is C11H12BrNO3. The van der Waals surface area contributed by atoms with E-state index in [0.717, 1.165) is 0 Å². The maximum absolute atomic E-state index is 11.5. The van der Waals surface area contributed by atoms with Gasteiger partial charge in [-0.25, -0.2) is 0 Å². The molecule has 1 aromatic carbocycles. The minimum atomic E-state index is -0.550. The van der Waals surface area contributed by atoms with Gasteiger partial charge in [0.25, 0.3) is 5.91 Å². The van der Waals surface area contributed by atoms with Crippen LogP contribution in [0.3, 0.4) is 0 Å². The van der Waals surface area contributed by atoms with Crippen LogP contribution in [0, 0.1) is 0 Å². The van der Waals surface area contributed by atoms with E-state index in [1.165, 1.54) is 11.8 Å². The van der Waals surface area contributed by atoms with Crippen LogP contribution in [0.2, 0.25) is 0 Å². The lowest BCUT2D eigenvalue weighted by Gasteiger charge is -2.17. The molecule has 0 aliphatic carbocycles. The van der Waals surface area contributed by atoms with E-state index in [4.69, 9.17) is 4.74 Å². The van der Waals surface area contributed by atoms with E-state index >= 15 is 0 Å². The number of methoxy groups -OCH3 is 1. The smallest absolute Gasteiger partial charge is 0.293 e. The number of ketones is 1. The first-order chi connectivity index (χ1) is 7.47. The summed E-state index contributed by atoms with van der Waals surface area (Å²) in [6, 6.07) is 5.17. The molecule has 4 nitrogen and oxygen atoms in total. The Morgan fingerprint density at radius 2 is 2.00 bits per heavy atom. The lowest BCUT2D eigenvalue weighted by atomic mass is 10.2. The summed E-state index contributed by atoms with van der Waals surface area (Å²) >= 11 is 3.32. The number of hydrogen-bond donors (Lipinski definition) is 0. The first-order valence-corrected chi connectivity index (χ1v) is 5.39. The minimum Gasteiger partial charge on any atom is -0.497 e. The van der Waals surface area contributed by atoms with Crippen LogP contribution in [0.1, 0.15) is 6.92 Å². The Bertz CT molecular complexity index is 431. The number of anilines is 1. The van der Waals surface area contributed by atoms with Crippen LogP contribution in [0.25, 0.3) is 0 Å². The first kappa shape index (κ1) is 12.7. The molecule has 1 aromatic rings. The largest absolute Gasteiger partial charge is 0.497 e. The van der Waals surface area contributed by atoms with Crippen molar-refractivity contribution in [3.8, 4) is 5.75 Å². The molecule has 0 saturated carbocycles. The lowest BCUT2D eigenvalue weighted by molar-refractivity contribution is -0.134. The van der Waals surface area contributed by atoms with Crippen molar-refractivity contribution in [3.05, 3.63) is 22.7 Å². The van der Waals surface area contributed by atoms with Crippen LogP contribution in [0.15, 0.2) is 22.7 Å². The molecule has 5 heteroatoms. The van der Waals surface area contributed by atoms with E-state index in [2.05, 4.69) is 15.9 Å². The van der Waals surface area contributed by atoms with E-state index in [-0.39, 0.29) is 0 Å². The summed E-state index contributed by atoms with van der Waals surface area (Å²) in [6.45, 7) is 1.25. The molecule has 1 rings (SSSR count). The van der Waals surface area contributed by atoms with Crippen LogP contribution in [0.5, 0.6) is 5.75 Å². The van der Waals surface area contributed by atoms with Crippen molar-refractivity contribution in [2.45, 2.75) is 6.92 Å². The molecule has 0 aliphatic heterocycles. The Labute approximate surface area is 102 Å². The summed E-state index contributed by atoms with van der Waals surface area (Å²) in [5, 5.41) is 0. The molecule has 0 aliphatic rings. The molecular weight excluding hydrogens is 274 g/mol. The van der Waals surface area contributed by atoms with Crippen molar-refractivity contribution < 1.29 is 14.3 Å². The fourth-order valence-corrected chi connectivity index (χ4v) is 1.86. The zero-order valence-corrected chi connectivity index (χ0v) is 10.9. The SMILES string of the molecule is COc1ccc(N(C)C(=O)C(C)=O)c(Br)c1. The predicted molar refractivity (Wildman–Crippen MR) is 64.8 cm³/mol. The second-order valence-corrected chi connectivity index (χ2v) is 4.09. The van der Waals surface area contributed by atoms with Gasteiger partial charge in [-0.05, 0) is 34.1 Å². The van der Waals surface area contributed by atoms with Crippen LogP contribution in [0.4, 0.5) is 5.69 Å². The molecule has 0 aromatic heterocycles. The predicted octanol–water partition coefficient (Wildman–Crippen LogP) is 2.01. The highest BCUT2D eigenvalue weighted by molar-refractivity contribution is 9.10. The molecule has 0 heterocycles. The second-order valence-electron chi connectivity index (χ2n) is 3.24. The molecule has 0 saturated heterocycles. The number of amides is 1. The van der Waals surface area contributed by atoms with Gasteiger partial charge < -0.3 is 9.64 Å². The summed E-state index contributed by atoms with van der Waals surface area (Å²) in [5.74, 6) is -0.365. The minimum absolute atomic E-state index is 0.495. The van der Waals surface area contributed by atoms with Crippen molar-refractivity contribution in [1.82, 2.24) is 0 Å². The molecule has 0 fully saturated rings. The summed E-state index contributed by atoms with van der Waals surface area (Å²) < 4.78 is 5.74. The zero-order chi connectivity index (χ0) is 12.3. The number of hydrogen-bond acceptors (Lipinski definition) is 3. The fourth-order valence-electron chi connectivity index (χ4n) is 1.23. The molecule has 86 valence electrons. The van der Waals surface area contributed by atoms with Gasteiger partial charge >= 0.3 is 0 Å². The number of carbonyl (C=O) groups excluding carboxylic acids is 2. The molecule has 0 atom stereocenters. The van der Waals surface area contributed by atoms with Crippen LogP contribution in [-0.2, 0) is 9.59 Å². The van der Waals surface area contributed by atoms with E-state index < -0.39 is 11.7 Å². The number of benzene rings is 1. The highest BCUT2D eigenvalue weighted by atomic mass is 79.9. The van der Waals surface area contributed by atoms with E-state index in [9.17, 15) is 9.59 Å². The molecule has 0 spiro atoms. The van der Waals surface area contributed by atoms with Gasteiger partial charge in [0.15, 0.2) is 0 Å². The summed E-state index contributed by atoms with van der Waals surface area (Å²) in [5.41, 5.74) is 0.626. The standard InChI is InChI=1S/C11H12BrNO3/c1-7(14)11(15)13(2)10-5-4-8(16-3)6-9(10)12/h4-6H,1-3H3. The van der Waals surface area contributed by atoms with Crippen molar-refractivity contribution >= 4 is 33.3 Å². The van der Waals surface area contributed by atoms with E-state index in [1.54, 1.807) is 32.4 Å². The lowest BCUT2D eigenvalue weighted by Crippen LogP contribution is -2.31. The number of halogens is 1. The Hall–Kier alpha value is -1.36. The molecule has 0 N–H and O–H groups in total. The number of carbonyl (C=O) groups is 2. The van der Waals surface area contributed by atoms with Gasteiger partial charge in [-0.1, -0.05) is 0 Å². The van der Waals surface area contributed by atoms with Crippen LogP contribution < -0.4 is 9.64 Å². The number of likely N-dealkylation sites (N-methyl/N-ethyl adjacent to an activating group) is 1.